The van der Waals surface area contributed by atoms with E-state index in [1.807, 2.05) is 24.3 Å². The zero-order valence-corrected chi connectivity index (χ0v) is 13.5. The van der Waals surface area contributed by atoms with Gasteiger partial charge in [0.15, 0.2) is 0 Å². The summed E-state index contributed by atoms with van der Waals surface area (Å²) < 4.78 is 0. The number of rotatable bonds is 4. The highest BCUT2D eigenvalue weighted by atomic mass is 16.3. The van der Waals surface area contributed by atoms with Crippen molar-refractivity contribution in [2.45, 2.75) is 39.0 Å². The van der Waals surface area contributed by atoms with Crippen LogP contribution in [0.15, 0.2) is 24.3 Å². The Morgan fingerprint density at radius 3 is 2.48 bits per heavy atom. The topological polar surface area (TPSA) is 95.7 Å². The van der Waals surface area contributed by atoms with Gasteiger partial charge in [0.1, 0.15) is 0 Å². The van der Waals surface area contributed by atoms with Gasteiger partial charge in [-0.3, -0.25) is 9.59 Å². The Morgan fingerprint density at radius 1 is 1.22 bits per heavy atom. The minimum atomic E-state index is -0.218. The van der Waals surface area contributed by atoms with Gasteiger partial charge in [0.2, 0.25) is 11.8 Å². The minimum Gasteiger partial charge on any atom is -0.392 e. The van der Waals surface area contributed by atoms with Crippen LogP contribution in [0.4, 0.5) is 0 Å². The number of amides is 2. The molecular weight excluding hydrogens is 294 g/mol. The molecule has 0 aliphatic carbocycles. The first-order valence-electron chi connectivity index (χ1n) is 7.97. The van der Waals surface area contributed by atoms with E-state index in [9.17, 15) is 9.59 Å². The van der Waals surface area contributed by atoms with Gasteiger partial charge in [-0.05, 0) is 24.0 Å². The van der Waals surface area contributed by atoms with Gasteiger partial charge in [-0.2, -0.15) is 0 Å². The Bertz CT molecular complexity index is 545. The summed E-state index contributed by atoms with van der Waals surface area (Å²) in [6.45, 7) is 2.90. The average Bonchev–Trinajstić information content (AvgIpc) is 2.75. The highest BCUT2D eigenvalue weighted by Gasteiger charge is 2.28. The number of benzene rings is 1. The smallest absolute Gasteiger partial charge is 0.225 e. The molecule has 0 aromatic heterocycles. The molecule has 0 radical (unpaired) electrons. The molecule has 23 heavy (non-hydrogen) atoms. The van der Waals surface area contributed by atoms with Crippen LogP contribution in [0.3, 0.4) is 0 Å². The van der Waals surface area contributed by atoms with E-state index < -0.39 is 0 Å². The molecule has 2 atom stereocenters. The molecule has 6 nitrogen and oxygen atoms in total. The van der Waals surface area contributed by atoms with E-state index in [0.717, 1.165) is 17.5 Å². The Morgan fingerprint density at radius 2 is 1.87 bits per heavy atom. The summed E-state index contributed by atoms with van der Waals surface area (Å²) in [7, 11) is 0. The van der Waals surface area contributed by atoms with E-state index >= 15 is 0 Å². The van der Waals surface area contributed by atoms with E-state index in [4.69, 9.17) is 10.8 Å². The summed E-state index contributed by atoms with van der Waals surface area (Å²) in [4.78, 5) is 25.7. The number of carbonyl (C=O) groups is 2. The molecule has 2 rings (SSSR count). The minimum absolute atomic E-state index is 0.00977. The largest absolute Gasteiger partial charge is 0.392 e. The van der Waals surface area contributed by atoms with E-state index in [1.165, 1.54) is 6.92 Å². The number of likely N-dealkylation sites (tertiary alicyclic amines) is 1. The van der Waals surface area contributed by atoms with Crippen molar-refractivity contribution in [2.75, 3.05) is 13.1 Å². The fourth-order valence-electron chi connectivity index (χ4n) is 2.79. The molecule has 0 spiro atoms. The van der Waals surface area contributed by atoms with Gasteiger partial charge in [-0.1, -0.05) is 24.3 Å². The Balaban J connectivity index is 1.91. The standard InChI is InChI=1S/C17H25N3O3/c1-12(22)20-9-15(6-7-16(18)10-20)17(23)19-8-13-2-4-14(11-21)5-3-13/h2-5,15-16,21H,6-11,18H2,1H3,(H,19,23)/t15-,16+/m1/s1. The summed E-state index contributed by atoms with van der Waals surface area (Å²) in [5.74, 6) is -0.305. The van der Waals surface area contributed by atoms with Crippen molar-refractivity contribution in [3.63, 3.8) is 0 Å². The maximum Gasteiger partial charge on any atom is 0.225 e. The zero-order valence-electron chi connectivity index (χ0n) is 13.5. The van der Waals surface area contributed by atoms with Crippen molar-refractivity contribution in [2.24, 2.45) is 11.7 Å². The molecule has 1 aromatic rings. The molecule has 0 unspecified atom stereocenters. The fourth-order valence-corrected chi connectivity index (χ4v) is 2.79. The summed E-state index contributed by atoms with van der Waals surface area (Å²) in [5, 5.41) is 12.0. The molecule has 1 saturated heterocycles. The van der Waals surface area contributed by atoms with Gasteiger partial charge in [0, 0.05) is 32.6 Å². The SMILES string of the molecule is CC(=O)N1C[C@@H](N)CC[C@@H](C(=O)NCc2ccc(CO)cc2)C1. The quantitative estimate of drug-likeness (QED) is 0.747. The molecule has 126 valence electrons. The number of aliphatic hydroxyl groups excluding tert-OH is 1. The summed E-state index contributed by atoms with van der Waals surface area (Å²) >= 11 is 0. The molecule has 1 aliphatic heterocycles. The second-order valence-corrected chi connectivity index (χ2v) is 6.15. The average molecular weight is 319 g/mol. The van der Waals surface area contributed by atoms with E-state index in [2.05, 4.69) is 5.32 Å². The number of carbonyl (C=O) groups excluding carboxylic acids is 2. The van der Waals surface area contributed by atoms with Crippen LogP contribution in [0, 0.1) is 5.92 Å². The van der Waals surface area contributed by atoms with Gasteiger partial charge in [-0.25, -0.2) is 0 Å². The highest BCUT2D eigenvalue weighted by Crippen LogP contribution is 2.17. The molecular formula is C17H25N3O3. The van der Waals surface area contributed by atoms with E-state index in [1.54, 1.807) is 4.90 Å². The molecule has 4 N–H and O–H groups in total. The van der Waals surface area contributed by atoms with E-state index in [0.29, 0.717) is 26.1 Å². The first kappa shape index (κ1) is 17.4. The fraction of sp³-hybridized carbons (Fsp3) is 0.529. The third-order valence-electron chi connectivity index (χ3n) is 4.27. The van der Waals surface area contributed by atoms with Crippen LogP contribution < -0.4 is 11.1 Å². The zero-order chi connectivity index (χ0) is 16.8. The van der Waals surface area contributed by atoms with Crippen molar-refractivity contribution in [3.05, 3.63) is 35.4 Å². The predicted octanol–water partition coefficient (Wildman–Crippen LogP) is 0.381. The molecule has 1 aliphatic rings. The van der Waals surface area contributed by atoms with Crippen molar-refractivity contribution < 1.29 is 14.7 Å². The van der Waals surface area contributed by atoms with Crippen molar-refractivity contribution in [3.8, 4) is 0 Å². The highest BCUT2D eigenvalue weighted by molar-refractivity contribution is 5.80. The number of nitrogens with zero attached hydrogens (tertiary/aromatic N) is 1. The lowest BCUT2D eigenvalue weighted by molar-refractivity contribution is -0.131. The lowest BCUT2D eigenvalue weighted by atomic mass is 10.0. The second-order valence-electron chi connectivity index (χ2n) is 6.15. The number of nitrogens with one attached hydrogen (secondary N) is 1. The lowest BCUT2D eigenvalue weighted by Gasteiger charge is -2.23. The van der Waals surface area contributed by atoms with Crippen LogP contribution in [-0.2, 0) is 22.7 Å². The van der Waals surface area contributed by atoms with Crippen LogP contribution in [0.5, 0.6) is 0 Å². The van der Waals surface area contributed by atoms with Crippen LogP contribution in [0.2, 0.25) is 0 Å². The molecule has 6 heteroatoms. The van der Waals surface area contributed by atoms with Crippen LogP contribution in [0.1, 0.15) is 30.9 Å². The first-order chi connectivity index (χ1) is 11.0. The molecule has 1 fully saturated rings. The maximum absolute atomic E-state index is 12.4. The molecule has 1 heterocycles. The van der Waals surface area contributed by atoms with Crippen molar-refractivity contribution >= 4 is 11.8 Å². The molecule has 0 saturated carbocycles. The normalized spacial score (nSPS) is 21.6. The third-order valence-corrected chi connectivity index (χ3v) is 4.27. The van der Waals surface area contributed by atoms with Crippen molar-refractivity contribution in [1.82, 2.24) is 10.2 Å². The number of aliphatic hydroxyl groups is 1. The number of hydrogen-bond acceptors (Lipinski definition) is 4. The summed E-state index contributed by atoms with van der Waals surface area (Å²) in [5.41, 5.74) is 7.79. The summed E-state index contributed by atoms with van der Waals surface area (Å²) in [6, 6.07) is 7.38. The van der Waals surface area contributed by atoms with Crippen molar-refractivity contribution in [1.29, 1.82) is 0 Å². The van der Waals surface area contributed by atoms with Gasteiger partial charge in [-0.15, -0.1) is 0 Å². The third kappa shape index (κ3) is 5.04. The maximum atomic E-state index is 12.4. The second kappa shape index (κ2) is 8.08. The Kier molecular flexibility index (Phi) is 6.12. The Hall–Kier alpha value is -1.92. The van der Waals surface area contributed by atoms with Crippen LogP contribution >= 0.6 is 0 Å². The number of nitrogens with two attached hydrogens (primary N) is 1. The van der Waals surface area contributed by atoms with Gasteiger partial charge in [0.05, 0.1) is 12.5 Å². The van der Waals surface area contributed by atoms with Crippen LogP contribution in [-0.4, -0.2) is 41.0 Å². The predicted molar refractivity (Wildman–Crippen MR) is 87.2 cm³/mol. The molecule has 0 bridgehead atoms. The van der Waals surface area contributed by atoms with Gasteiger partial charge in [0.25, 0.3) is 0 Å². The monoisotopic (exact) mass is 319 g/mol. The number of hydrogen-bond donors (Lipinski definition) is 3. The van der Waals surface area contributed by atoms with Gasteiger partial charge < -0.3 is 21.1 Å². The van der Waals surface area contributed by atoms with Crippen LogP contribution in [0.25, 0.3) is 0 Å². The van der Waals surface area contributed by atoms with Gasteiger partial charge >= 0.3 is 0 Å². The summed E-state index contributed by atoms with van der Waals surface area (Å²) in [6.07, 6.45) is 1.44. The molecule has 2 amide bonds. The van der Waals surface area contributed by atoms with E-state index in [-0.39, 0.29) is 30.4 Å². The first-order valence-corrected chi connectivity index (χ1v) is 7.97. The molecule has 1 aromatic carbocycles. The lowest BCUT2D eigenvalue weighted by Crippen LogP contribution is -2.42. The Labute approximate surface area is 136 Å².